The summed E-state index contributed by atoms with van der Waals surface area (Å²) in [7, 11) is 1.57. The van der Waals surface area contributed by atoms with Crippen LogP contribution >= 0.6 is 11.3 Å². The molecule has 0 unspecified atom stereocenters. The van der Waals surface area contributed by atoms with Gasteiger partial charge in [-0.15, -0.1) is 0 Å². The number of hydrogen-bond donors (Lipinski definition) is 1. The Labute approximate surface area is 169 Å². The fraction of sp³-hybridized carbons (Fsp3) is 0.579. The average Bonchev–Trinajstić information content (AvgIpc) is 3.35. The topological polar surface area (TPSA) is 89.4 Å². The van der Waals surface area contributed by atoms with E-state index in [2.05, 4.69) is 29.1 Å². The highest BCUT2D eigenvalue weighted by molar-refractivity contribution is 7.17. The Hall–Kier alpha value is -2.26. The van der Waals surface area contributed by atoms with Crippen LogP contribution in [0, 0.1) is 5.92 Å². The monoisotopic (exact) mass is 407 g/mol. The Morgan fingerprint density at radius 1 is 1.39 bits per heavy atom. The van der Waals surface area contributed by atoms with Crippen LogP contribution in [0.1, 0.15) is 42.8 Å². The van der Waals surface area contributed by atoms with E-state index in [1.165, 1.54) is 17.5 Å². The summed E-state index contributed by atoms with van der Waals surface area (Å²) in [4.78, 5) is 35.4. The number of methoxy groups -OCH3 is 1. The van der Waals surface area contributed by atoms with E-state index in [9.17, 15) is 9.59 Å². The summed E-state index contributed by atoms with van der Waals surface area (Å²) in [6.45, 7) is 6.54. The molecule has 2 aromatic rings. The van der Waals surface area contributed by atoms with E-state index in [4.69, 9.17) is 4.74 Å². The second-order valence-corrected chi connectivity index (χ2v) is 7.90. The molecule has 0 atom stereocenters. The molecule has 0 aromatic carbocycles. The molecule has 1 N–H and O–H groups in total. The largest absolute Gasteiger partial charge is 0.384 e. The summed E-state index contributed by atoms with van der Waals surface area (Å²) in [6, 6.07) is 0. The molecule has 8 nitrogen and oxygen atoms in total. The van der Waals surface area contributed by atoms with Gasteiger partial charge in [0.25, 0.3) is 5.91 Å². The van der Waals surface area contributed by atoms with Gasteiger partial charge in [-0.1, -0.05) is 25.2 Å². The average molecular weight is 408 g/mol. The third-order valence-corrected chi connectivity index (χ3v) is 5.16. The van der Waals surface area contributed by atoms with Gasteiger partial charge in [0, 0.05) is 39.1 Å². The normalized spacial score (nSPS) is 11.0. The predicted molar refractivity (Wildman–Crippen MR) is 110 cm³/mol. The maximum Gasteiger partial charge on any atom is 0.263 e. The number of ether oxygens (including phenoxy) is 1. The number of thiazole rings is 1. The van der Waals surface area contributed by atoms with E-state index in [0.717, 1.165) is 19.4 Å². The minimum atomic E-state index is -0.164. The zero-order valence-electron chi connectivity index (χ0n) is 16.8. The molecule has 0 aliphatic rings. The highest BCUT2D eigenvalue weighted by atomic mass is 32.1. The predicted octanol–water partition coefficient (Wildman–Crippen LogP) is 2.58. The fourth-order valence-electron chi connectivity index (χ4n) is 2.50. The first-order valence-corrected chi connectivity index (χ1v) is 10.3. The van der Waals surface area contributed by atoms with E-state index < -0.39 is 0 Å². The molecule has 0 saturated heterocycles. The minimum absolute atomic E-state index is 0.0378. The number of carbonyl (C=O) groups excluding carboxylic acids is 2. The molecular weight excluding hydrogens is 378 g/mol. The van der Waals surface area contributed by atoms with Gasteiger partial charge in [-0.3, -0.25) is 14.5 Å². The number of nitrogens with zero attached hydrogens (tertiary/aromatic N) is 4. The summed E-state index contributed by atoms with van der Waals surface area (Å²) in [5, 5.41) is 3.46. The van der Waals surface area contributed by atoms with Crippen LogP contribution in [0.5, 0.6) is 0 Å². The molecule has 0 bridgehead atoms. The van der Waals surface area contributed by atoms with Crippen molar-refractivity contribution in [2.24, 2.45) is 5.92 Å². The molecule has 2 amide bonds. The Bertz CT molecular complexity index is 730. The molecule has 0 radical (unpaired) electrons. The van der Waals surface area contributed by atoms with Crippen molar-refractivity contribution in [1.82, 2.24) is 19.9 Å². The lowest BCUT2D eigenvalue weighted by Crippen LogP contribution is -2.33. The van der Waals surface area contributed by atoms with E-state index in [-0.39, 0.29) is 11.8 Å². The third kappa shape index (κ3) is 7.05. The Morgan fingerprint density at radius 3 is 2.89 bits per heavy atom. The Morgan fingerprint density at radius 2 is 2.21 bits per heavy atom. The number of rotatable bonds is 12. The van der Waals surface area contributed by atoms with E-state index in [0.29, 0.717) is 42.0 Å². The van der Waals surface area contributed by atoms with Gasteiger partial charge in [-0.05, 0) is 18.8 Å². The van der Waals surface area contributed by atoms with Crippen molar-refractivity contribution in [3.63, 3.8) is 0 Å². The Kier molecular flexibility index (Phi) is 9.09. The summed E-state index contributed by atoms with van der Waals surface area (Å²) < 4.78 is 6.98. The summed E-state index contributed by atoms with van der Waals surface area (Å²) in [6.07, 6.45) is 8.89. The number of aromatic nitrogens is 3. The van der Waals surface area contributed by atoms with Gasteiger partial charge in [0.1, 0.15) is 4.88 Å². The van der Waals surface area contributed by atoms with Crippen LogP contribution in [0.4, 0.5) is 5.13 Å². The van der Waals surface area contributed by atoms with Crippen LogP contribution in [-0.4, -0.2) is 53.2 Å². The van der Waals surface area contributed by atoms with Crippen LogP contribution in [0.2, 0.25) is 0 Å². The zero-order valence-corrected chi connectivity index (χ0v) is 17.6. The van der Waals surface area contributed by atoms with Gasteiger partial charge in [-0.2, -0.15) is 0 Å². The van der Waals surface area contributed by atoms with Crippen molar-refractivity contribution in [2.45, 2.75) is 39.7 Å². The second kappa shape index (κ2) is 11.6. The number of anilines is 1. The third-order valence-electron chi connectivity index (χ3n) is 4.14. The maximum absolute atomic E-state index is 12.5. The number of nitrogens with one attached hydrogen (secondary N) is 1. The lowest BCUT2D eigenvalue weighted by molar-refractivity contribution is -0.119. The minimum Gasteiger partial charge on any atom is -0.384 e. The van der Waals surface area contributed by atoms with Crippen LogP contribution in [0.3, 0.4) is 0 Å². The highest BCUT2D eigenvalue weighted by Crippen LogP contribution is 2.24. The molecule has 0 aliphatic carbocycles. The summed E-state index contributed by atoms with van der Waals surface area (Å²) in [5.41, 5.74) is 0. The van der Waals surface area contributed by atoms with Gasteiger partial charge in [0.05, 0.1) is 25.6 Å². The summed E-state index contributed by atoms with van der Waals surface area (Å²) >= 11 is 1.24. The van der Waals surface area contributed by atoms with Crippen molar-refractivity contribution >= 4 is 28.3 Å². The molecule has 2 heterocycles. The Balaban J connectivity index is 1.91. The van der Waals surface area contributed by atoms with Crippen LogP contribution in [-0.2, 0) is 16.1 Å². The molecule has 154 valence electrons. The second-order valence-electron chi connectivity index (χ2n) is 6.89. The SMILES string of the molecule is COCCC(=O)N(CCC(C)C)c1ncc(C(=O)NCCCn2ccnc2)s1. The van der Waals surface area contributed by atoms with Gasteiger partial charge >= 0.3 is 0 Å². The van der Waals surface area contributed by atoms with E-state index in [1.54, 1.807) is 24.5 Å². The molecule has 0 spiro atoms. The van der Waals surface area contributed by atoms with Crippen molar-refractivity contribution < 1.29 is 14.3 Å². The molecule has 28 heavy (non-hydrogen) atoms. The van der Waals surface area contributed by atoms with Crippen molar-refractivity contribution in [1.29, 1.82) is 0 Å². The smallest absolute Gasteiger partial charge is 0.263 e. The summed E-state index contributed by atoms with van der Waals surface area (Å²) in [5.74, 6) is 0.266. The number of carbonyl (C=O) groups is 2. The quantitative estimate of drug-likeness (QED) is 0.546. The lowest BCUT2D eigenvalue weighted by atomic mass is 10.1. The first kappa shape index (κ1) is 22.0. The molecule has 0 aliphatic heterocycles. The molecule has 9 heteroatoms. The molecule has 2 aromatic heterocycles. The lowest BCUT2D eigenvalue weighted by Gasteiger charge is -2.20. The van der Waals surface area contributed by atoms with Gasteiger partial charge in [-0.25, -0.2) is 9.97 Å². The van der Waals surface area contributed by atoms with E-state index in [1.807, 2.05) is 10.8 Å². The molecular formula is C19H29N5O3S. The number of amides is 2. The maximum atomic E-state index is 12.5. The fourth-order valence-corrected chi connectivity index (χ4v) is 3.38. The van der Waals surface area contributed by atoms with Crippen LogP contribution < -0.4 is 10.2 Å². The number of aryl methyl sites for hydroxylation is 1. The van der Waals surface area contributed by atoms with Crippen molar-refractivity contribution in [2.75, 3.05) is 31.7 Å². The molecule has 0 saturated carbocycles. The van der Waals surface area contributed by atoms with Crippen molar-refractivity contribution in [3.8, 4) is 0 Å². The zero-order chi connectivity index (χ0) is 20.4. The van der Waals surface area contributed by atoms with Crippen LogP contribution in [0.15, 0.2) is 24.9 Å². The standard InChI is InChI=1S/C19H29N5O3S/c1-15(2)5-10-24(17(25)6-12-27-3)19-22-13-16(28-19)18(26)21-7-4-9-23-11-8-20-14-23/h8,11,13-15H,4-7,9-10,12H2,1-3H3,(H,21,26). The first-order chi connectivity index (χ1) is 13.5. The first-order valence-electron chi connectivity index (χ1n) is 9.50. The number of imidazole rings is 1. The number of hydrogen-bond acceptors (Lipinski definition) is 6. The van der Waals surface area contributed by atoms with Crippen molar-refractivity contribution in [3.05, 3.63) is 29.8 Å². The van der Waals surface area contributed by atoms with Crippen LogP contribution in [0.25, 0.3) is 0 Å². The van der Waals surface area contributed by atoms with Gasteiger partial charge in [0.15, 0.2) is 5.13 Å². The molecule has 0 fully saturated rings. The van der Waals surface area contributed by atoms with E-state index >= 15 is 0 Å². The molecule has 2 rings (SSSR count). The van der Waals surface area contributed by atoms with Gasteiger partial charge in [0.2, 0.25) is 5.91 Å². The van der Waals surface area contributed by atoms with Gasteiger partial charge < -0.3 is 14.6 Å². The highest BCUT2D eigenvalue weighted by Gasteiger charge is 2.20.